The average molecular weight is 166 g/mol. The van der Waals surface area contributed by atoms with E-state index in [1.165, 1.54) is 24.7 Å². The predicted molar refractivity (Wildman–Crippen MR) is 47.6 cm³/mol. The lowest BCUT2D eigenvalue weighted by molar-refractivity contribution is -0.266. The lowest BCUT2D eigenvalue weighted by atomic mass is 9.28. The Morgan fingerprint density at radius 3 is 2.36 bits per heavy atom. The Bertz CT molecular complexity index is 237. The van der Waals surface area contributed by atoms with Gasteiger partial charge in [-0.25, -0.2) is 0 Å². The highest BCUT2D eigenvalue weighted by atomic mass is 32.1. The Kier molecular flexibility index (Phi) is 0.756. The summed E-state index contributed by atoms with van der Waals surface area (Å²) < 4.78 is 0.576. The van der Waals surface area contributed by atoms with Gasteiger partial charge in [0.05, 0.1) is 0 Å². The fourth-order valence-electron chi connectivity index (χ4n) is 4.56. The first-order valence-electron chi connectivity index (χ1n) is 5.05. The predicted octanol–water partition coefficient (Wildman–Crippen LogP) is 2.35. The van der Waals surface area contributed by atoms with Crippen LogP contribution in [0.5, 0.6) is 0 Å². The normalized spacial score (nSPS) is 75.5. The minimum absolute atomic E-state index is 0.576. The van der Waals surface area contributed by atoms with Crippen molar-refractivity contribution in [2.24, 2.45) is 29.6 Å². The Balaban J connectivity index is 1.72. The molecule has 0 aromatic rings. The van der Waals surface area contributed by atoms with Crippen molar-refractivity contribution < 1.29 is 0 Å². The standard InChI is InChI=1S/C10H14S/c11-10-4-3-7(10)8-5-1-2-6(5)9(8)10/h5-9,11H,1-4H2/t5?,6?,7?,8?,9?,10-/m1/s1. The van der Waals surface area contributed by atoms with Crippen LogP contribution in [-0.4, -0.2) is 4.75 Å². The van der Waals surface area contributed by atoms with Gasteiger partial charge in [0.1, 0.15) is 0 Å². The molecule has 4 rings (SSSR count). The van der Waals surface area contributed by atoms with Crippen LogP contribution in [0.15, 0.2) is 0 Å². The van der Waals surface area contributed by atoms with Crippen LogP contribution >= 0.6 is 12.6 Å². The third-order valence-corrected chi connectivity index (χ3v) is 6.15. The second-order valence-electron chi connectivity index (χ2n) is 5.14. The monoisotopic (exact) mass is 166 g/mol. The molecule has 11 heavy (non-hydrogen) atoms. The van der Waals surface area contributed by atoms with E-state index in [9.17, 15) is 0 Å². The van der Waals surface area contributed by atoms with Crippen LogP contribution in [0.1, 0.15) is 25.7 Å². The third-order valence-electron chi connectivity index (χ3n) is 5.29. The summed E-state index contributed by atoms with van der Waals surface area (Å²) in [5.41, 5.74) is 0. The zero-order valence-corrected chi connectivity index (χ0v) is 7.56. The molecule has 4 saturated carbocycles. The minimum Gasteiger partial charge on any atom is -0.172 e. The van der Waals surface area contributed by atoms with Gasteiger partial charge in [-0.15, -0.1) is 0 Å². The van der Waals surface area contributed by atoms with E-state index in [-0.39, 0.29) is 0 Å². The molecule has 0 heterocycles. The Hall–Kier alpha value is 0.350. The van der Waals surface area contributed by atoms with Gasteiger partial charge in [0.15, 0.2) is 0 Å². The summed E-state index contributed by atoms with van der Waals surface area (Å²) >= 11 is 4.86. The van der Waals surface area contributed by atoms with E-state index in [1.807, 2.05) is 0 Å². The molecule has 0 saturated heterocycles. The zero-order valence-electron chi connectivity index (χ0n) is 6.66. The van der Waals surface area contributed by atoms with Crippen LogP contribution in [0.2, 0.25) is 0 Å². The molecule has 60 valence electrons. The number of thiol groups is 1. The van der Waals surface area contributed by atoms with Gasteiger partial charge >= 0.3 is 0 Å². The summed E-state index contributed by atoms with van der Waals surface area (Å²) in [5.74, 6) is 5.65. The summed E-state index contributed by atoms with van der Waals surface area (Å²) in [7, 11) is 0. The Morgan fingerprint density at radius 1 is 1.09 bits per heavy atom. The molecule has 0 aliphatic heterocycles. The first-order valence-corrected chi connectivity index (χ1v) is 5.49. The maximum atomic E-state index is 4.86. The maximum absolute atomic E-state index is 4.86. The average Bonchev–Trinajstić information content (AvgIpc) is 1.94. The topological polar surface area (TPSA) is 0 Å². The molecule has 0 bridgehead atoms. The summed E-state index contributed by atoms with van der Waals surface area (Å²) in [6.07, 6.45) is 6.05. The summed E-state index contributed by atoms with van der Waals surface area (Å²) in [4.78, 5) is 0. The lowest BCUT2D eigenvalue weighted by Gasteiger charge is -2.81. The highest BCUT2D eigenvalue weighted by molar-refractivity contribution is 7.82. The van der Waals surface area contributed by atoms with Crippen molar-refractivity contribution in [1.82, 2.24) is 0 Å². The number of hydrogen-bond donors (Lipinski definition) is 1. The van der Waals surface area contributed by atoms with Gasteiger partial charge in [-0.3, -0.25) is 0 Å². The summed E-state index contributed by atoms with van der Waals surface area (Å²) in [6.45, 7) is 0. The van der Waals surface area contributed by atoms with Crippen LogP contribution < -0.4 is 0 Å². The molecule has 4 aliphatic rings. The van der Waals surface area contributed by atoms with Crippen LogP contribution in [-0.2, 0) is 0 Å². The van der Waals surface area contributed by atoms with Crippen molar-refractivity contribution in [2.75, 3.05) is 0 Å². The molecular weight excluding hydrogens is 152 g/mol. The van der Waals surface area contributed by atoms with Gasteiger partial charge in [0, 0.05) is 4.75 Å². The summed E-state index contributed by atoms with van der Waals surface area (Å²) in [5, 5.41) is 0. The first kappa shape index (κ1) is 5.90. The minimum atomic E-state index is 0.576. The van der Waals surface area contributed by atoms with E-state index in [1.54, 1.807) is 12.8 Å². The fourth-order valence-corrected chi connectivity index (χ4v) is 5.36. The van der Waals surface area contributed by atoms with Gasteiger partial charge in [0.25, 0.3) is 0 Å². The molecule has 0 aromatic carbocycles. The second-order valence-corrected chi connectivity index (χ2v) is 5.98. The lowest BCUT2D eigenvalue weighted by Crippen LogP contribution is -2.79. The van der Waals surface area contributed by atoms with Crippen LogP contribution in [0.3, 0.4) is 0 Å². The van der Waals surface area contributed by atoms with E-state index >= 15 is 0 Å². The largest absolute Gasteiger partial charge is 0.172 e. The van der Waals surface area contributed by atoms with Gasteiger partial charge in [-0.05, 0) is 55.3 Å². The fraction of sp³-hybridized carbons (Fsp3) is 1.00. The maximum Gasteiger partial charge on any atom is 0.0194 e. The molecule has 0 aromatic heterocycles. The van der Waals surface area contributed by atoms with Crippen molar-refractivity contribution in [3.63, 3.8) is 0 Å². The summed E-state index contributed by atoms with van der Waals surface area (Å²) in [6, 6.07) is 0. The molecule has 1 heteroatoms. The number of rotatable bonds is 0. The van der Waals surface area contributed by atoms with Crippen molar-refractivity contribution in [1.29, 1.82) is 0 Å². The van der Waals surface area contributed by atoms with E-state index in [0.717, 1.165) is 17.8 Å². The first-order chi connectivity index (χ1) is 5.32. The van der Waals surface area contributed by atoms with E-state index < -0.39 is 0 Å². The smallest absolute Gasteiger partial charge is 0.0194 e. The molecule has 0 amide bonds. The highest BCUT2D eigenvalue weighted by Gasteiger charge is 2.77. The SMILES string of the molecule is S[C@]12CCC1C1C3CCC3C12. The second kappa shape index (κ2) is 1.41. The van der Waals surface area contributed by atoms with E-state index in [4.69, 9.17) is 12.6 Å². The molecular formula is C10H14S. The third kappa shape index (κ3) is 0.384. The Labute approximate surface area is 73.2 Å². The van der Waals surface area contributed by atoms with E-state index in [0.29, 0.717) is 4.75 Å². The zero-order chi connectivity index (χ0) is 7.22. The van der Waals surface area contributed by atoms with Crippen molar-refractivity contribution in [2.45, 2.75) is 30.4 Å². The van der Waals surface area contributed by atoms with Gasteiger partial charge < -0.3 is 0 Å². The van der Waals surface area contributed by atoms with Gasteiger partial charge in [-0.1, -0.05) is 0 Å². The molecule has 4 aliphatic carbocycles. The number of fused-ring (bicyclic) bond motifs is 7. The van der Waals surface area contributed by atoms with Crippen LogP contribution in [0, 0.1) is 29.6 Å². The molecule has 0 spiro atoms. The molecule has 4 fully saturated rings. The quantitative estimate of drug-likeness (QED) is 0.525. The molecule has 0 radical (unpaired) electrons. The molecule has 0 N–H and O–H groups in total. The Morgan fingerprint density at radius 2 is 1.91 bits per heavy atom. The molecule has 0 nitrogen and oxygen atoms in total. The van der Waals surface area contributed by atoms with Crippen molar-refractivity contribution in [3.05, 3.63) is 0 Å². The van der Waals surface area contributed by atoms with Gasteiger partial charge in [-0.2, -0.15) is 12.6 Å². The van der Waals surface area contributed by atoms with Gasteiger partial charge in [0.2, 0.25) is 0 Å². The van der Waals surface area contributed by atoms with Crippen LogP contribution in [0.4, 0.5) is 0 Å². The highest BCUT2D eigenvalue weighted by Crippen LogP contribution is 2.80. The molecule has 5 unspecified atom stereocenters. The number of hydrogen-bond acceptors (Lipinski definition) is 1. The van der Waals surface area contributed by atoms with Crippen molar-refractivity contribution >= 4 is 12.6 Å². The van der Waals surface area contributed by atoms with Crippen molar-refractivity contribution in [3.8, 4) is 0 Å². The van der Waals surface area contributed by atoms with E-state index in [2.05, 4.69) is 0 Å². The van der Waals surface area contributed by atoms with Crippen LogP contribution in [0.25, 0.3) is 0 Å². The molecule has 6 atom stereocenters.